The van der Waals surface area contributed by atoms with E-state index in [1.54, 1.807) is 0 Å². The number of rotatable bonds is 8. The van der Waals surface area contributed by atoms with Crippen LogP contribution in [-0.4, -0.2) is 47.8 Å². The van der Waals surface area contributed by atoms with Crippen molar-refractivity contribution in [1.82, 2.24) is 9.88 Å². The van der Waals surface area contributed by atoms with E-state index >= 15 is 0 Å². The van der Waals surface area contributed by atoms with Crippen molar-refractivity contribution in [2.45, 2.75) is 25.7 Å². The molecule has 146 valence electrons. The molecule has 0 fully saturated rings. The third-order valence-corrected chi connectivity index (χ3v) is 5.04. The Hall–Kier alpha value is -0.450. The second kappa shape index (κ2) is 12.1. The number of pyridine rings is 1. The van der Waals surface area contributed by atoms with Gasteiger partial charge in [0, 0.05) is 54.7 Å². The van der Waals surface area contributed by atoms with Crippen molar-refractivity contribution in [2.24, 2.45) is 0 Å². The van der Waals surface area contributed by atoms with Gasteiger partial charge in [-0.1, -0.05) is 18.2 Å². The van der Waals surface area contributed by atoms with E-state index < -0.39 is 0 Å². The van der Waals surface area contributed by atoms with Gasteiger partial charge in [0.15, 0.2) is 0 Å². The smallest absolute Gasteiger partial charge is 0.0726 e. The van der Waals surface area contributed by atoms with Crippen molar-refractivity contribution in [2.75, 3.05) is 43.3 Å². The van der Waals surface area contributed by atoms with Gasteiger partial charge in [-0.25, -0.2) is 0 Å². The molecule has 0 bridgehead atoms. The van der Waals surface area contributed by atoms with Crippen molar-refractivity contribution >= 4 is 64.6 Å². The number of para-hydroxylation sites is 1. The maximum absolute atomic E-state index is 5.89. The van der Waals surface area contributed by atoms with Gasteiger partial charge in [-0.3, -0.25) is 9.88 Å². The van der Waals surface area contributed by atoms with E-state index in [-0.39, 0.29) is 24.8 Å². The lowest BCUT2D eigenvalue weighted by Crippen LogP contribution is -2.32. The molecule has 0 atom stereocenters. The van der Waals surface area contributed by atoms with Crippen LogP contribution in [0.15, 0.2) is 24.3 Å². The van der Waals surface area contributed by atoms with Crippen molar-refractivity contribution in [3.63, 3.8) is 0 Å². The average Bonchev–Trinajstić information content (AvgIpc) is 2.61. The Morgan fingerprint density at radius 2 is 1.65 bits per heavy atom. The minimum absolute atomic E-state index is 0. The molecule has 0 amide bonds. The van der Waals surface area contributed by atoms with Crippen molar-refractivity contribution in [3.05, 3.63) is 35.5 Å². The SMILES string of the molecule is Cl.Cl.ClCCN(CCCl)CCNc1c2c(nc3ccccc13)CCCC2. The Morgan fingerprint density at radius 1 is 0.962 bits per heavy atom. The zero-order valence-corrected chi connectivity index (χ0v) is 18.0. The molecule has 0 saturated heterocycles. The molecule has 3 nitrogen and oxygen atoms in total. The van der Waals surface area contributed by atoms with Crippen LogP contribution in [0.2, 0.25) is 0 Å². The highest BCUT2D eigenvalue weighted by Gasteiger charge is 2.17. The lowest BCUT2D eigenvalue weighted by molar-refractivity contribution is 0.319. The Labute approximate surface area is 178 Å². The molecule has 3 rings (SSSR count). The Balaban J connectivity index is 0.00000169. The van der Waals surface area contributed by atoms with Crippen LogP contribution < -0.4 is 5.32 Å². The number of aromatic nitrogens is 1. The van der Waals surface area contributed by atoms with Crippen LogP contribution in [0.25, 0.3) is 10.9 Å². The number of nitrogens with zero attached hydrogens (tertiary/aromatic N) is 2. The van der Waals surface area contributed by atoms with Gasteiger partial charge in [-0.15, -0.1) is 48.0 Å². The van der Waals surface area contributed by atoms with Crippen LogP contribution in [0.1, 0.15) is 24.1 Å². The molecule has 0 unspecified atom stereocenters. The van der Waals surface area contributed by atoms with E-state index in [1.807, 2.05) is 0 Å². The van der Waals surface area contributed by atoms with E-state index in [0.29, 0.717) is 11.8 Å². The predicted molar refractivity (Wildman–Crippen MR) is 119 cm³/mol. The quantitative estimate of drug-likeness (QED) is 0.577. The highest BCUT2D eigenvalue weighted by atomic mass is 35.5. The van der Waals surface area contributed by atoms with Gasteiger partial charge in [0.2, 0.25) is 0 Å². The summed E-state index contributed by atoms with van der Waals surface area (Å²) >= 11 is 11.8. The minimum atomic E-state index is 0. The maximum Gasteiger partial charge on any atom is 0.0726 e. The molecule has 0 aliphatic heterocycles. The first kappa shape index (κ1) is 23.6. The molecule has 26 heavy (non-hydrogen) atoms. The zero-order valence-electron chi connectivity index (χ0n) is 14.8. The van der Waals surface area contributed by atoms with Gasteiger partial charge >= 0.3 is 0 Å². The molecule has 1 aromatic carbocycles. The summed E-state index contributed by atoms with van der Waals surface area (Å²) in [7, 11) is 0. The molecular formula is C19H27Cl4N3. The first-order valence-corrected chi connectivity index (χ1v) is 9.89. The summed E-state index contributed by atoms with van der Waals surface area (Å²) in [5.41, 5.74) is 5.08. The van der Waals surface area contributed by atoms with E-state index in [0.717, 1.165) is 44.5 Å². The van der Waals surface area contributed by atoms with Gasteiger partial charge in [0.05, 0.1) is 5.52 Å². The third kappa shape index (κ3) is 5.77. The number of anilines is 1. The van der Waals surface area contributed by atoms with E-state index in [2.05, 4.69) is 34.5 Å². The Kier molecular flexibility index (Phi) is 11.0. The summed E-state index contributed by atoms with van der Waals surface area (Å²) in [4.78, 5) is 7.20. The number of nitrogens with one attached hydrogen (secondary N) is 1. The zero-order chi connectivity index (χ0) is 16.8. The van der Waals surface area contributed by atoms with Gasteiger partial charge in [0.1, 0.15) is 0 Å². The summed E-state index contributed by atoms with van der Waals surface area (Å²) in [6.45, 7) is 3.61. The molecule has 1 aliphatic rings. The molecule has 0 radical (unpaired) electrons. The third-order valence-electron chi connectivity index (χ3n) is 4.70. The number of halogens is 4. The fraction of sp³-hybridized carbons (Fsp3) is 0.526. The van der Waals surface area contributed by atoms with Crippen LogP contribution in [0, 0.1) is 0 Å². The maximum atomic E-state index is 5.89. The van der Waals surface area contributed by atoms with Gasteiger partial charge < -0.3 is 5.32 Å². The number of fused-ring (bicyclic) bond motifs is 2. The van der Waals surface area contributed by atoms with E-state index in [9.17, 15) is 0 Å². The van der Waals surface area contributed by atoms with Crippen LogP contribution in [0.3, 0.4) is 0 Å². The van der Waals surface area contributed by atoms with Gasteiger partial charge in [0.25, 0.3) is 0 Å². The number of hydrogen-bond donors (Lipinski definition) is 1. The molecular weight excluding hydrogens is 412 g/mol. The normalized spacial score (nSPS) is 13.0. The second-order valence-corrected chi connectivity index (χ2v) is 7.04. The monoisotopic (exact) mass is 437 g/mol. The highest BCUT2D eigenvalue weighted by molar-refractivity contribution is 6.18. The molecule has 2 aromatic rings. The number of alkyl halides is 2. The van der Waals surface area contributed by atoms with Crippen LogP contribution in [0.5, 0.6) is 0 Å². The van der Waals surface area contributed by atoms with Gasteiger partial charge in [-0.2, -0.15) is 0 Å². The fourth-order valence-corrected chi connectivity index (χ4v) is 3.97. The van der Waals surface area contributed by atoms with Crippen LogP contribution in [-0.2, 0) is 12.8 Å². The first-order chi connectivity index (χ1) is 11.8. The fourth-order valence-electron chi connectivity index (χ4n) is 3.49. The first-order valence-electron chi connectivity index (χ1n) is 8.82. The molecule has 0 saturated carbocycles. The molecule has 1 heterocycles. The Morgan fingerprint density at radius 3 is 2.38 bits per heavy atom. The molecule has 1 aromatic heterocycles. The standard InChI is InChI=1S/C19H25Cl2N3.2ClH/c20-9-12-24(13-10-21)14-11-22-19-15-5-1-3-7-17(15)23-18-8-4-2-6-16(18)19;;/h1,3,5,7H,2,4,6,8-14H2,(H,22,23);2*1H. The number of benzene rings is 1. The molecule has 0 spiro atoms. The van der Waals surface area contributed by atoms with Gasteiger partial charge in [-0.05, 0) is 37.3 Å². The highest BCUT2D eigenvalue weighted by Crippen LogP contribution is 2.33. The minimum Gasteiger partial charge on any atom is -0.383 e. The topological polar surface area (TPSA) is 28.2 Å². The van der Waals surface area contributed by atoms with E-state index in [1.165, 1.54) is 35.2 Å². The largest absolute Gasteiger partial charge is 0.383 e. The lowest BCUT2D eigenvalue weighted by atomic mass is 9.92. The number of hydrogen-bond acceptors (Lipinski definition) is 3. The molecule has 1 aliphatic carbocycles. The summed E-state index contributed by atoms with van der Waals surface area (Å²) < 4.78 is 0. The second-order valence-electron chi connectivity index (χ2n) is 6.28. The van der Waals surface area contributed by atoms with Crippen molar-refractivity contribution in [3.8, 4) is 0 Å². The number of aryl methyl sites for hydroxylation is 1. The van der Waals surface area contributed by atoms with Crippen molar-refractivity contribution in [1.29, 1.82) is 0 Å². The van der Waals surface area contributed by atoms with Crippen LogP contribution >= 0.6 is 48.0 Å². The summed E-state index contributed by atoms with van der Waals surface area (Å²) in [5.74, 6) is 1.29. The van der Waals surface area contributed by atoms with E-state index in [4.69, 9.17) is 28.2 Å². The van der Waals surface area contributed by atoms with Crippen LogP contribution in [0.4, 0.5) is 5.69 Å². The summed E-state index contributed by atoms with van der Waals surface area (Å²) in [6, 6.07) is 8.45. The molecule has 7 heteroatoms. The molecule has 1 N–H and O–H groups in total. The predicted octanol–water partition coefficient (Wildman–Crippen LogP) is 5.15. The summed E-state index contributed by atoms with van der Waals surface area (Å²) in [5, 5.41) is 4.93. The lowest BCUT2D eigenvalue weighted by Gasteiger charge is -2.24. The van der Waals surface area contributed by atoms with Crippen molar-refractivity contribution < 1.29 is 0 Å². The summed E-state index contributed by atoms with van der Waals surface area (Å²) in [6.07, 6.45) is 4.73. The Bertz CT molecular complexity index is 675. The average molecular weight is 439 g/mol.